The van der Waals surface area contributed by atoms with Crippen LogP contribution in [0.15, 0.2) is 0 Å². The van der Waals surface area contributed by atoms with Crippen molar-refractivity contribution in [2.45, 2.75) is 59.1 Å². The summed E-state index contributed by atoms with van der Waals surface area (Å²) in [4.78, 5) is 0. The Labute approximate surface area is 83.1 Å². The van der Waals surface area contributed by atoms with Crippen molar-refractivity contribution in [3.63, 3.8) is 0 Å². The third-order valence-corrected chi connectivity index (χ3v) is 1.87. The zero-order chi connectivity index (χ0) is 10.3. The van der Waals surface area contributed by atoms with Crippen LogP contribution in [0.25, 0.3) is 0 Å². The van der Waals surface area contributed by atoms with E-state index < -0.39 is 0 Å². The third kappa shape index (κ3) is 8.26. The summed E-state index contributed by atoms with van der Waals surface area (Å²) in [7, 11) is 0. The normalized spacial score (nSPS) is 14.5. The van der Waals surface area contributed by atoms with E-state index in [1.165, 1.54) is 0 Å². The molecule has 80 valence electrons. The maximum atomic E-state index is 5.67. The maximum Gasteiger partial charge on any atom is 0.0697 e. The highest BCUT2D eigenvalue weighted by molar-refractivity contribution is 4.72. The Morgan fingerprint density at radius 2 is 1.85 bits per heavy atom. The summed E-state index contributed by atoms with van der Waals surface area (Å²) < 4.78 is 5.67. The lowest BCUT2D eigenvalue weighted by molar-refractivity contribution is 0.0471. The second-order valence-electron chi connectivity index (χ2n) is 4.53. The van der Waals surface area contributed by atoms with Gasteiger partial charge in [0.2, 0.25) is 0 Å². The fraction of sp³-hybridized carbons (Fsp3) is 1.00. The molecule has 1 N–H and O–H groups in total. The van der Waals surface area contributed by atoms with Crippen molar-refractivity contribution < 1.29 is 4.74 Å². The monoisotopic (exact) mass is 187 g/mol. The molecule has 0 radical (unpaired) electrons. The largest absolute Gasteiger partial charge is 0.377 e. The van der Waals surface area contributed by atoms with Gasteiger partial charge >= 0.3 is 0 Å². The average Bonchev–Trinajstić information content (AvgIpc) is 2.03. The first-order valence-electron chi connectivity index (χ1n) is 5.36. The van der Waals surface area contributed by atoms with Crippen LogP contribution in [-0.2, 0) is 4.74 Å². The van der Waals surface area contributed by atoms with Gasteiger partial charge in [-0.2, -0.15) is 0 Å². The standard InChI is InChI=1S/C11H25NO/c1-6-8-13-10(7-2)9-12-11(3,4)5/h10,12H,6-9H2,1-5H3. The quantitative estimate of drug-likeness (QED) is 0.690. The molecule has 0 saturated carbocycles. The van der Waals surface area contributed by atoms with Gasteiger partial charge in [-0.25, -0.2) is 0 Å². The topological polar surface area (TPSA) is 21.3 Å². The molecule has 1 unspecified atom stereocenters. The molecule has 0 spiro atoms. The van der Waals surface area contributed by atoms with Gasteiger partial charge in [-0.15, -0.1) is 0 Å². The van der Waals surface area contributed by atoms with E-state index in [1.54, 1.807) is 0 Å². The molecule has 0 amide bonds. The summed E-state index contributed by atoms with van der Waals surface area (Å²) in [5, 5.41) is 3.46. The predicted octanol–water partition coefficient (Wildman–Crippen LogP) is 2.58. The van der Waals surface area contributed by atoms with Crippen LogP contribution < -0.4 is 5.32 Å². The van der Waals surface area contributed by atoms with Crippen molar-refractivity contribution in [1.82, 2.24) is 5.32 Å². The average molecular weight is 187 g/mol. The van der Waals surface area contributed by atoms with E-state index in [2.05, 4.69) is 39.9 Å². The van der Waals surface area contributed by atoms with Crippen molar-refractivity contribution in [3.8, 4) is 0 Å². The number of nitrogens with one attached hydrogen (secondary N) is 1. The molecule has 1 atom stereocenters. The molecule has 13 heavy (non-hydrogen) atoms. The van der Waals surface area contributed by atoms with Gasteiger partial charge in [0.1, 0.15) is 0 Å². The van der Waals surface area contributed by atoms with Crippen LogP contribution >= 0.6 is 0 Å². The van der Waals surface area contributed by atoms with Crippen LogP contribution in [0.4, 0.5) is 0 Å². The van der Waals surface area contributed by atoms with Gasteiger partial charge in [-0.3, -0.25) is 0 Å². The molecule has 0 heterocycles. The van der Waals surface area contributed by atoms with E-state index in [0.717, 1.165) is 26.0 Å². The summed E-state index contributed by atoms with van der Waals surface area (Å²) in [5.41, 5.74) is 0.197. The van der Waals surface area contributed by atoms with E-state index in [-0.39, 0.29) is 5.54 Å². The molecule has 0 aromatic carbocycles. The molecular formula is C11H25NO. The summed E-state index contributed by atoms with van der Waals surface area (Å²) in [5.74, 6) is 0. The van der Waals surface area contributed by atoms with Crippen molar-refractivity contribution in [2.24, 2.45) is 0 Å². The Morgan fingerprint density at radius 1 is 1.23 bits per heavy atom. The summed E-state index contributed by atoms with van der Waals surface area (Å²) in [6.45, 7) is 12.7. The molecule has 0 fully saturated rings. The molecule has 0 aliphatic carbocycles. The smallest absolute Gasteiger partial charge is 0.0697 e. The fourth-order valence-corrected chi connectivity index (χ4v) is 1.03. The van der Waals surface area contributed by atoms with Crippen molar-refractivity contribution in [1.29, 1.82) is 0 Å². The minimum absolute atomic E-state index is 0.197. The minimum Gasteiger partial charge on any atom is -0.377 e. The SMILES string of the molecule is CCCOC(CC)CNC(C)(C)C. The zero-order valence-electron chi connectivity index (χ0n) is 9.81. The van der Waals surface area contributed by atoms with Crippen LogP contribution in [0.2, 0.25) is 0 Å². The molecule has 0 rings (SSSR count). The number of hydrogen-bond acceptors (Lipinski definition) is 2. The van der Waals surface area contributed by atoms with E-state index in [9.17, 15) is 0 Å². The lowest BCUT2D eigenvalue weighted by Gasteiger charge is -2.24. The third-order valence-electron chi connectivity index (χ3n) is 1.87. The first kappa shape index (κ1) is 12.9. The van der Waals surface area contributed by atoms with Gasteiger partial charge in [0.25, 0.3) is 0 Å². The van der Waals surface area contributed by atoms with Crippen molar-refractivity contribution in [2.75, 3.05) is 13.2 Å². The highest BCUT2D eigenvalue weighted by atomic mass is 16.5. The highest BCUT2D eigenvalue weighted by Crippen LogP contribution is 2.02. The Kier molecular flexibility index (Phi) is 6.35. The van der Waals surface area contributed by atoms with Crippen LogP contribution in [0, 0.1) is 0 Å². The van der Waals surface area contributed by atoms with E-state index in [0.29, 0.717) is 6.10 Å². The van der Waals surface area contributed by atoms with Crippen molar-refractivity contribution in [3.05, 3.63) is 0 Å². The Bertz CT molecular complexity index is 118. The minimum atomic E-state index is 0.197. The molecule has 0 aromatic heterocycles. The number of hydrogen-bond donors (Lipinski definition) is 1. The lowest BCUT2D eigenvalue weighted by Crippen LogP contribution is -2.41. The molecule has 0 aromatic rings. The zero-order valence-corrected chi connectivity index (χ0v) is 9.81. The number of ether oxygens (including phenoxy) is 1. The fourth-order valence-electron chi connectivity index (χ4n) is 1.03. The molecule has 2 nitrogen and oxygen atoms in total. The lowest BCUT2D eigenvalue weighted by atomic mass is 10.1. The molecule has 0 aliphatic heterocycles. The molecular weight excluding hydrogens is 162 g/mol. The van der Waals surface area contributed by atoms with Gasteiger partial charge in [0.05, 0.1) is 6.10 Å². The van der Waals surface area contributed by atoms with Gasteiger partial charge in [0.15, 0.2) is 0 Å². The van der Waals surface area contributed by atoms with E-state index >= 15 is 0 Å². The van der Waals surface area contributed by atoms with E-state index in [4.69, 9.17) is 4.74 Å². The number of rotatable bonds is 6. The molecule has 0 saturated heterocycles. The second kappa shape index (κ2) is 6.39. The molecule has 0 aliphatic rings. The van der Waals surface area contributed by atoms with Gasteiger partial charge in [-0.05, 0) is 33.6 Å². The maximum absolute atomic E-state index is 5.67. The molecule has 2 heteroatoms. The van der Waals surface area contributed by atoms with E-state index in [1.807, 2.05) is 0 Å². The highest BCUT2D eigenvalue weighted by Gasteiger charge is 2.12. The van der Waals surface area contributed by atoms with Crippen LogP contribution in [0.1, 0.15) is 47.5 Å². The summed E-state index contributed by atoms with van der Waals surface area (Å²) in [6.07, 6.45) is 2.56. The first-order valence-corrected chi connectivity index (χ1v) is 5.36. The van der Waals surface area contributed by atoms with Gasteiger partial charge in [0, 0.05) is 18.7 Å². The summed E-state index contributed by atoms with van der Waals surface area (Å²) in [6, 6.07) is 0. The van der Waals surface area contributed by atoms with Crippen LogP contribution in [-0.4, -0.2) is 24.8 Å². The second-order valence-corrected chi connectivity index (χ2v) is 4.53. The van der Waals surface area contributed by atoms with Crippen LogP contribution in [0.5, 0.6) is 0 Å². The Balaban J connectivity index is 3.59. The summed E-state index contributed by atoms with van der Waals surface area (Å²) >= 11 is 0. The Morgan fingerprint density at radius 3 is 2.23 bits per heavy atom. The van der Waals surface area contributed by atoms with Crippen molar-refractivity contribution >= 4 is 0 Å². The van der Waals surface area contributed by atoms with Gasteiger partial charge < -0.3 is 10.1 Å². The predicted molar refractivity (Wildman–Crippen MR) is 58.1 cm³/mol. The Hall–Kier alpha value is -0.0800. The van der Waals surface area contributed by atoms with Gasteiger partial charge in [-0.1, -0.05) is 13.8 Å². The molecule has 0 bridgehead atoms. The first-order chi connectivity index (χ1) is 5.99. The van der Waals surface area contributed by atoms with Crippen LogP contribution in [0.3, 0.4) is 0 Å².